The van der Waals surface area contributed by atoms with E-state index < -0.39 is 0 Å². The van der Waals surface area contributed by atoms with Gasteiger partial charge in [0, 0.05) is 30.7 Å². The lowest BCUT2D eigenvalue weighted by atomic mass is 10.0. The summed E-state index contributed by atoms with van der Waals surface area (Å²) in [5.41, 5.74) is 1.40. The molecule has 4 rings (SSSR count). The van der Waals surface area contributed by atoms with Crippen LogP contribution >= 0.6 is 0 Å². The summed E-state index contributed by atoms with van der Waals surface area (Å²) in [4.78, 5) is 22.7. The minimum absolute atomic E-state index is 0.00654. The highest BCUT2D eigenvalue weighted by Gasteiger charge is 2.26. The lowest BCUT2D eigenvalue weighted by Crippen LogP contribution is -2.42. The van der Waals surface area contributed by atoms with Gasteiger partial charge in [-0.25, -0.2) is 9.97 Å². The molecule has 24 heavy (non-hydrogen) atoms. The molecule has 2 N–H and O–H groups in total. The van der Waals surface area contributed by atoms with Gasteiger partial charge in [-0.05, 0) is 25.0 Å². The Bertz CT molecular complexity index is 838. The van der Waals surface area contributed by atoms with Gasteiger partial charge in [0.2, 0.25) is 0 Å². The molecule has 1 aliphatic heterocycles. The molecule has 1 aromatic carbocycles. The number of aromatic nitrogens is 4. The second-order valence-electron chi connectivity index (χ2n) is 5.92. The Balaban J connectivity index is 1.41. The lowest BCUT2D eigenvalue weighted by molar-refractivity contribution is 0.0714. The van der Waals surface area contributed by atoms with E-state index >= 15 is 0 Å². The number of anilines is 1. The molecule has 0 spiro atoms. The van der Waals surface area contributed by atoms with Crippen LogP contribution in [0.3, 0.4) is 0 Å². The minimum atomic E-state index is -0.00654. The fourth-order valence-corrected chi connectivity index (χ4v) is 3.09. The van der Waals surface area contributed by atoms with Gasteiger partial charge in [-0.15, -0.1) is 0 Å². The Morgan fingerprint density at radius 1 is 1.21 bits per heavy atom. The zero-order valence-corrected chi connectivity index (χ0v) is 13.1. The van der Waals surface area contributed by atoms with E-state index in [0.29, 0.717) is 24.8 Å². The highest BCUT2D eigenvalue weighted by Crippen LogP contribution is 2.20. The predicted octanol–water partition coefficient (Wildman–Crippen LogP) is 2.07. The van der Waals surface area contributed by atoms with E-state index in [9.17, 15) is 4.79 Å². The van der Waals surface area contributed by atoms with Gasteiger partial charge >= 0.3 is 0 Å². The van der Waals surface area contributed by atoms with Crippen molar-refractivity contribution in [2.45, 2.75) is 18.9 Å². The molecule has 3 aromatic rings. The van der Waals surface area contributed by atoms with Crippen LogP contribution < -0.4 is 5.32 Å². The van der Waals surface area contributed by atoms with Gasteiger partial charge in [-0.3, -0.25) is 9.89 Å². The third kappa shape index (κ3) is 2.80. The summed E-state index contributed by atoms with van der Waals surface area (Å²) in [6.07, 6.45) is 5.02. The summed E-state index contributed by atoms with van der Waals surface area (Å²) < 4.78 is 0. The molecule has 0 radical (unpaired) electrons. The van der Waals surface area contributed by atoms with Crippen molar-refractivity contribution in [1.82, 2.24) is 25.1 Å². The molecule has 1 fully saturated rings. The van der Waals surface area contributed by atoms with Crippen LogP contribution in [0.1, 0.15) is 23.3 Å². The zero-order valence-electron chi connectivity index (χ0n) is 13.1. The topological polar surface area (TPSA) is 86.8 Å². The molecule has 7 nitrogen and oxygen atoms in total. The Morgan fingerprint density at radius 2 is 2.04 bits per heavy atom. The average molecular weight is 322 g/mol. The summed E-state index contributed by atoms with van der Waals surface area (Å²) >= 11 is 0. The Morgan fingerprint density at radius 3 is 2.83 bits per heavy atom. The first-order valence-electron chi connectivity index (χ1n) is 8.06. The number of nitrogens with zero attached hydrogens (tertiary/aromatic N) is 4. The summed E-state index contributed by atoms with van der Waals surface area (Å²) in [6.45, 7) is 1.42. The van der Waals surface area contributed by atoms with Gasteiger partial charge in [0.25, 0.3) is 5.91 Å². The largest absolute Gasteiger partial charge is 0.367 e. The molecule has 0 bridgehead atoms. The van der Waals surface area contributed by atoms with Crippen LogP contribution in [0.4, 0.5) is 5.82 Å². The quantitative estimate of drug-likeness (QED) is 0.771. The minimum Gasteiger partial charge on any atom is -0.367 e. The standard InChI is InChI=1S/C17H18N6O/c24-17(16-13-3-1-2-4-14(13)21-22-16)23-9-6-12(7-10-23)20-15-5-8-18-11-19-15/h1-5,8,11-12H,6-7,9-10H2,(H,21,22)(H,18,19,20). The monoisotopic (exact) mass is 322 g/mol. The van der Waals surface area contributed by atoms with Crippen LogP contribution in [-0.4, -0.2) is 50.1 Å². The summed E-state index contributed by atoms with van der Waals surface area (Å²) in [7, 11) is 0. The van der Waals surface area contributed by atoms with Crippen LogP contribution in [0.5, 0.6) is 0 Å². The molecule has 2 aromatic heterocycles. The Labute approximate surface area is 139 Å². The van der Waals surface area contributed by atoms with Crippen molar-refractivity contribution >= 4 is 22.6 Å². The maximum absolute atomic E-state index is 12.7. The van der Waals surface area contributed by atoms with Crippen LogP contribution in [0, 0.1) is 0 Å². The summed E-state index contributed by atoms with van der Waals surface area (Å²) in [6, 6.07) is 9.88. The van der Waals surface area contributed by atoms with Crippen molar-refractivity contribution < 1.29 is 4.79 Å². The van der Waals surface area contributed by atoms with Crippen LogP contribution in [0.15, 0.2) is 42.9 Å². The number of hydrogen-bond acceptors (Lipinski definition) is 5. The molecule has 1 amide bonds. The highest BCUT2D eigenvalue weighted by atomic mass is 16.2. The number of fused-ring (bicyclic) bond motifs is 1. The van der Waals surface area contributed by atoms with E-state index in [-0.39, 0.29) is 5.91 Å². The number of para-hydroxylation sites is 1. The van der Waals surface area contributed by atoms with E-state index in [1.54, 1.807) is 6.20 Å². The van der Waals surface area contributed by atoms with Crippen LogP contribution in [-0.2, 0) is 0 Å². The second kappa shape index (κ2) is 6.27. The number of amides is 1. The number of H-pyrrole nitrogens is 1. The molecule has 0 saturated carbocycles. The van der Waals surface area contributed by atoms with E-state index in [2.05, 4.69) is 25.5 Å². The van der Waals surface area contributed by atoms with E-state index in [1.807, 2.05) is 35.2 Å². The number of likely N-dealkylation sites (tertiary alicyclic amines) is 1. The van der Waals surface area contributed by atoms with Gasteiger partial charge in [-0.1, -0.05) is 18.2 Å². The smallest absolute Gasteiger partial charge is 0.274 e. The van der Waals surface area contributed by atoms with Crippen molar-refractivity contribution in [1.29, 1.82) is 0 Å². The second-order valence-corrected chi connectivity index (χ2v) is 5.92. The number of hydrogen-bond donors (Lipinski definition) is 2. The normalized spacial score (nSPS) is 15.6. The number of piperidine rings is 1. The molecule has 3 heterocycles. The molecule has 1 aliphatic rings. The van der Waals surface area contributed by atoms with E-state index in [4.69, 9.17) is 0 Å². The summed E-state index contributed by atoms with van der Waals surface area (Å²) in [5, 5.41) is 11.4. The maximum atomic E-state index is 12.7. The van der Waals surface area contributed by atoms with Crippen molar-refractivity contribution in [3.05, 3.63) is 48.5 Å². The molecule has 7 heteroatoms. The fraction of sp³-hybridized carbons (Fsp3) is 0.294. The molecule has 0 unspecified atom stereocenters. The first-order chi connectivity index (χ1) is 11.8. The Kier molecular flexibility index (Phi) is 3.82. The van der Waals surface area contributed by atoms with Crippen molar-refractivity contribution in [3.63, 3.8) is 0 Å². The highest BCUT2D eigenvalue weighted by molar-refractivity contribution is 6.04. The van der Waals surface area contributed by atoms with Gasteiger partial charge < -0.3 is 10.2 Å². The molecule has 122 valence electrons. The molecular formula is C17H18N6O. The van der Waals surface area contributed by atoms with E-state index in [1.165, 1.54) is 6.33 Å². The van der Waals surface area contributed by atoms with Crippen molar-refractivity contribution in [2.24, 2.45) is 0 Å². The summed E-state index contributed by atoms with van der Waals surface area (Å²) in [5.74, 6) is 0.820. The number of carbonyl (C=O) groups excluding carboxylic acids is 1. The van der Waals surface area contributed by atoms with Gasteiger partial charge in [0.15, 0.2) is 5.69 Å². The van der Waals surface area contributed by atoms with Gasteiger partial charge in [-0.2, -0.15) is 5.10 Å². The molecule has 0 atom stereocenters. The van der Waals surface area contributed by atoms with Crippen molar-refractivity contribution in [3.8, 4) is 0 Å². The maximum Gasteiger partial charge on any atom is 0.274 e. The third-order valence-corrected chi connectivity index (χ3v) is 4.39. The molecule has 1 saturated heterocycles. The number of aromatic amines is 1. The molecular weight excluding hydrogens is 304 g/mol. The zero-order chi connectivity index (χ0) is 16.4. The van der Waals surface area contributed by atoms with Crippen molar-refractivity contribution in [2.75, 3.05) is 18.4 Å². The number of nitrogens with one attached hydrogen (secondary N) is 2. The number of rotatable bonds is 3. The predicted molar refractivity (Wildman–Crippen MR) is 90.7 cm³/mol. The third-order valence-electron chi connectivity index (χ3n) is 4.39. The van der Waals surface area contributed by atoms with E-state index in [0.717, 1.165) is 29.6 Å². The van der Waals surface area contributed by atoms with Gasteiger partial charge in [0.05, 0.1) is 5.52 Å². The first kappa shape index (κ1) is 14.6. The number of benzene rings is 1. The number of carbonyl (C=O) groups is 1. The van der Waals surface area contributed by atoms with Gasteiger partial charge in [0.1, 0.15) is 12.1 Å². The van der Waals surface area contributed by atoms with Crippen LogP contribution in [0.25, 0.3) is 10.9 Å². The lowest BCUT2D eigenvalue weighted by Gasteiger charge is -2.32. The fourth-order valence-electron chi connectivity index (χ4n) is 3.09. The Hall–Kier alpha value is -2.96. The molecule has 0 aliphatic carbocycles. The van der Waals surface area contributed by atoms with Crippen LogP contribution in [0.2, 0.25) is 0 Å². The average Bonchev–Trinajstić information content (AvgIpc) is 3.07. The first-order valence-corrected chi connectivity index (χ1v) is 8.06. The SMILES string of the molecule is O=C(c1n[nH]c2ccccc12)N1CCC(Nc2ccncn2)CC1.